The Morgan fingerprint density at radius 3 is 1.50 bits per heavy atom. The minimum absolute atomic E-state index is 0.336. The minimum Gasteiger partial charge on any atom is -0.103 e. The van der Waals surface area contributed by atoms with Crippen molar-refractivity contribution in [2.45, 2.75) is 39.0 Å². The molecule has 0 bridgehead atoms. The predicted octanol–water partition coefficient (Wildman–Crippen LogP) is 4.38. The summed E-state index contributed by atoms with van der Waals surface area (Å²) < 4.78 is 0. The van der Waals surface area contributed by atoms with Crippen LogP contribution in [0.3, 0.4) is 0 Å². The molecule has 0 aromatic rings. The lowest BCUT2D eigenvalue weighted by Gasteiger charge is -2.26. The number of hydrogen-bond acceptors (Lipinski definition) is 0. The Morgan fingerprint density at radius 1 is 0.917 bits per heavy atom. The van der Waals surface area contributed by atoms with Crippen molar-refractivity contribution in [3.63, 3.8) is 0 Å². The van der Waals surface area contributed by atoms with Crippen molar-refractivity contribution in [3.8, 4) is 0 Å². The van der Waals surface area contributed by atoms with E-state index in [2.05, 4.69) is 34.1 Å². The highest BCUT2D eigenvalue weighted by atomic mass is 31.2. The minimum atomic E-state index is 0.336. The van der Waals surface area contributed by atoms with E-state index in [-0.39, 0.29) is 0 Å². The molecule has 0 radical (unpaired) electrons. The maximum atomic E-state index is 2.48. The lowest BCUT2D eigenvalue weighted by Crippen LogP contribution is -2.01. The van der Waals surface area contributed by atoms with Crippen LogP contribution in [0.15, 0.2) is 0 Å². The largest absolute Gasteiger partial charge is 0.103 e. The Morgan fingerprint density at radius 2 is 1.25 bits per heavy atom. The molecule has 0 saturated carbocycles. The Hall–Kier alpha value is 0.860. The lowest BCUT2D eigenvalue weighted by atomic mass is 10.6. The van der Waals surface area contributed by atoms with Crippen molar-refractivity contribution in [2.24, 2.45) is 0 Å². The molecule has 0 N–H and O–H groups in total. The Balaban J connectivity index is 3.73. The van der Waals surface area contributed by atoms with E-state index < -0.39 is 0 Å². The molecule has 0 heterocycles. The van der Waals surface area contributed by atoms with E-state index in [4.69, 9.17) is 0 Å². The van der Waals surface area contributed by atoms with E-state index in [9.17, 15) is 0 Å². The van der Waals surface area contributed by atoms with Crippen LogP contribution in [0.1, 0.15) is 33.6 Å². The van der Waals surface area contributed by atoms with E-state index >= 15 is 0 Å². The van der Waals surface area contributed by atoms with Crippen molar-refractivity contribution >= 4 is 15.8 Å². The van der Waals surface area contributed by atoms with Crippen LogP contribution in [0.5, 0.6) is 0 Å². The molecule has 12 heavy (non-hydrogen) atoms. The number of hydrogen-bond donors (Lipinski definition) is 0. The van der Waals surface area contributed by atoms with Crippen molar-refractivity contribution in [2.75, 3.05) is 25.7 Å². The molecule has 74 valence electrons. The lowest BCUT2D eigenvalue weighted by molar-refractivity contribution is 1.07. The summed E-state index contributed by atoms with van der Waals surface area (Å²) in [6, 6.07) is 0. The summed E-state index contributed by atoms with van der Waals surface area (Å²) in [7, 11) is 0.672. The van der Waals surface area contributed by atoms with E-state index in [0.29, 0.717) is 15.8 Å². The van der Waals surface area contributed by atoms with Gasteiger partial charge < -0.3 is 0 Å². The first kappa shape index (κ1) is 12.9. The summed E-state index contributed by atoms with van der Waals surface area (Å²) in [4.78, 5) is 0. The first-order valence-corrected chi connectivity index (χ1v) is 9.12. The van der Waals surface area contributed by atoms with Crippen LogP contribution in [-0.4, -0.2) is 31.1 Å². The van der Waals surface area contributed by atoms with E-state index in [1.165, 1.54) is 25.2 Å². The summed E-state index contributed by atoms with van der Waals surface area (Å²) in [5.41, 5.74) is 0. The molecule has 0 aliphatic heterocycles. The van der Waals surface area contributed by atoms with Gasteiger partial charge in [0, 0.05) is 0 Å². The third kappa shape index (κ3) is 4.78. The second-order valence-corrected chi connectivity index (χ2v) is 9.47. The predicted molar refractivity (Wildman–Crippen MR) is 65.5 cm³/mol. The summed E-state index contributed by atoms with van der Waals surface area (Å²) in [6.07, 6.45) is 5.71. The molecule has 0 rings (SSSR count). The molecule has 0 aromatic carbocycles. The molecule has 0 spiro atoms. The van der Waals surface area contributed by atoms with Gasteiger partial charge in [0.15, 0.2) is 0 Å². The monoisotopic (exact) mass is 206 g/mol. The van der Waals surface area contributed by atoms with Gasteiger partial charge in [-0.05, 0) is 31.1 Å². The Labute approximate surface area is 81.0 Å². The van der Waals surface area contributed by atoms with Crippen molar-refractivity contribution < 1.29 is 0 Å². The van der Waals surface area contributed by atoms with Gasteiger partial charge in [0.1, 0.15) is 0 Å². The Kier molecular flexibility index (Phi) is 7.80. The van der Waals surface area contributed by atoms with Gasteiger partial charge in [0.25, 0.3) is 0 Å². The fourth-order valence-corrected chi connectivity index (χ4v) is 6.96. The molecule has 0 aliphatic rings. The van der Waals surface area contributed by atoms with Gasteiger partial charge in [-0.3, -0.25) is 0 Å². The third-order valence-electron chi connectivity index (χ3n) is 2.43. The quantitative estimate of drug-likeness (QED) is 0.566. The topological polar surface area (TPSA) is 0 Å². The zero-order valence-electron chi connectivity index (χ0n) is 9.30. The molecule has 2 atom stereocenters. The molecule has 0 nitrogen and oxygen atoms in total. The van der Waals surface area contributed by atoms with Crippen LogP contribution in [-0.2, 0) is 0 Å². The SMILES string of the molecule is CCCP(C)C(C)P(C)CCC. The highest BCUT2D eigenvalue weighted by Crippen LogP contribution is 2.54. The van der Waals surface area contributed by atoms with Gasteiger partial charge in [-0.25, -0.2) is 0 Å². The molecule has 2 heteroatoms. The molecule has 0 aromatic heterocycles. The van der Waals surface area contributed by atoms with Gasteiger partial charge in [0.05, 0.1) is 0 Å². The van der Waals surface area contributed by atoms with Crippen LogP contribution >= 0.6 is 15.8 Å². The smallest absolute Gasteiger partial charge is 0.00391 e. The molecule has 0 fully saturated rings. The van der Waals surface area contributed by atoms with Crippen LogP contribution in [0.2, 0.25) is 0 Å². The van der Waals surface area contributed by atoms with E-state index in [1.54, 1.807) is 0 Å². The summed E-state index contributed by atoms with van der Waals surface area (Å²) in [5.74, 6) is 0. The highest BCUT2D eigenvalue weighted by molar-refractivity contribution is 7.75. The van der Waals surface area contributed by atoms with Crippen LogP contribution in [0, 0.1) is 0 Å². The first-order chi connectivity index (χ1) is 5.63. The Bertz CT molecular complexity index is 92.0. The van der Waals surface area contributed by atoms with Gasteiger partial charge in [-0.1, -0.05) is 33.6 Å². The highest BCUT2D eigenvalue weighted by Gasteiger charge is 2.16. The van der Waals surface area contributed by atoms with Crippen molar-refractivity contribution in [1.29, 1.82) is 0 Å². The van der Waals surface area contributed by atoms with Gasteiger partial charge in [-0.2, -0.15) is 0 Å². The van der Waals surface area contributed by atoms with E-state index in [1.807, 2.05) is 0 Å². The van der Waals surface area contributed by atoms with Gasteiger partial charge in [-0.15, -0.1) is 15.8 Å². The average molecular weight is 206 g/mol. The molecule has 2 unspecified atom stereocenters. The average Bonchev–Trinajstić information content (AvgIpc) is 2.04. The molecule has 0 aliphatic carbocycles. The molecular weight excluding hydrogens is 182 g/mol. The van der Waals surface area contributed by atoms with Crippen LogP contribution in [0.25, 0.3) is 0 Å². The summed E-state index contributed by atoms with van der Waals surface area (Å²) in [5, 5.41) is 1.04. The normalized spacial score (nSPS) is 18.8. The summed E-state index contributed by atoms with van der Waals surface area (Å²) >= 11 is 0. The maximum Gasteiger partial charge on any atom is -0.00391 e. The number of rotatable bonds is 6. The van der Waals surface area contributed by atoms with Crippen molar-refractivity contribution in [3.05, 3.63) is 0 Å². The zero-order chi connectivity index (χ0) is 9.56. The van der Waals surface area contributed by atoms with Crippen molar-refractivity contribution in [1.82, 2.24) is 0 Å². The zero-order valence-corrected chi connectivity index (χ0v) is 11.1. The van der Waals surface area contributed by atoms with Crippen LogP contribution in [0.4, 0.5) is 0 Å². The maximum absolute atomic E-state index is 2.48. The molecular formula is C10H24P2. The standard InChI is InChI=1S/C10H24P2/c1-6-8-11(4)10(3)12(5)9-7-2/h10H,6-9H2,1-5H3. The molecule has 0 saturated heterocycles. The van der Waals surface area contributed by atoms with Crippen LogP contribution < -0.4 is 0 Å². The second-order valence-electron chi connectivity index (χ2n) is 3.59. The molecule has 0 amide bonds. The third-order valence-corrected chi connectivity index (χ3v) is 9.65. The fourth-order valence-electron chi connectivity index (χ4n) is 1.42. The second kappa shape index (κ2) is 7.28. The fraction of sp³-hybridized carbons (Fsp3) is 1.00. The summed E-state index contributed by atoms with van der Waals surface area (Å²) in [6.45, 7) is 12.1. The van der Waals surface area contributed by atoms with Gasteiger partial charge in [0.2, 0.25) is 0 Å². The van der Waals surface area contributed by atoms with E-state index in [0.717, 1.165) is 5.40 Å². The van der Waals surface area contributed by atoms with Gasteiger partial charge >= 0.3 is 0 Å². The first-order valence-electron chi connectivity index (χ1n) is 5.03.